The fraction of sp³-hybridized carbons (Fsp3) is 0.316. The number of carboxylic acids is 1. The van der Waals surface area contributed by atoms with Crippen molar-refractivity contribution in [3.63, 3.8) is 0 Å². The number of carbonyl (C=O) groups excluding carboxylic acids is 2. The van der Waals surface area contributed by atoms with Gasteiger partial charge in [-0.05, 0) is 18.1 Å². The molecule has 3 amide bonds. The van der Waals surface area contributed by atoms with Crippen LogP contribution in [0.2, 0.25) is 0 Å². The number of rotatable bonds is 7. The van der Waals surface area contributed by atoms with E-state index in [-0.39, 0.29) is 5.70 Å². The maximum absolute atomic E-state index is 12.7. The molecule has 0 bridgehead atoms. The number of benzene rings is 1. The average Bonchev–Trinajstić information content (AvgIpc) is 3.19. The number of β-lactam (4-membered cyclic amide) rings is 1. The predicted octanol–water partition coefficient (Wildman–Crippen LogP) is 2.06. The zero-order valence-corrected chi connectivity index (χ0v) is 18.9. The first-order valence-corrected chi connectivity index (χ1v) is 12.2. The molecule has 0 spiro atoms. The number of hydrogen-bond acceptors (Lipinski definition) is 8. The first-order valence-electron chi connectivity index (χ1n) is 9.35. The molecule has 1 aromatic heterocycles. The Hall–Kier alpha value is -2.57. The molecule has 2 aliphatic rings. The molecule has 3 heterocycles. The number of fused-ring (bicyclic) bond motifs is 1. The first kappa shape index (κ1) is 21.7. The van der Waals surface area contributed by atoms with Crippen LogP contribution in [-0.2, 0) is 16.1 Å². The Morgan fingerprint density at radius 2 is 2.06 bits per heavy atom. The lowest BCUT2D eigenvalue weighted by Gasteiger charge is -2.49. The van der Waals surface area contributed by atoms with Gasteiger partial charge in [-0.15, -0.1) is 22.0 Å². The van der Waals surface area contributed by atoms with Crippen molar-refractivity contribution in [3.8, 4) is 0 Å². The number of thioether (sulfide) groups is 2. The fourth-order valence-corrected chi connectivity index (χ4v) is 6.55. The fourth-order valence-electron chi connectivity index (χ4n) is 3.25. The molecule has 9 nitrogen and oxygen atoms in total. The Labute approximate surface area is 190 Å². The van der Waals surface area contributed by atoms with E-state index in [1.54, 1.807) is 0 Å². The summed E-state index contributed by atoms with van der Waals surface area (Å²) in [5.41, 5.74) is 1.60. The summed E-state index contributed by atoms with van der Waals surface area (Å²) in [6.07, 6.45) is 0. The van der Waals surface area contributed by atoms with Gasteiger partial charge in [0, 0.05) is 18.1 Å². The van der Waals surface area contributed by atoms with Gasteiger partial charge >= 0.3 is 12.0 Å². The summed E-state index contributed by atoms with van der Waals surface area (Å²) in [6, 6.07) is 8.21. The second-order valence-electron chi connectivity index (χ2n) is 6.83. The van der Waals surface area contributed by atoms with Crippen LogP contribution < -0.4 is 10.6 Å². The number of hydrogen-bond donors (Lipinski definition) is 3. The molecule has 1 fully saturated rings. The Bertz CT molecular complexity index is 1040. The number of amides is 3. The molecule has 0 radical (unpaired) electrons. The van der Waals surface area contributed by atoms with E-state index in [1.807, 2.05) is 37.3 Å². The van der Waals surface area contributed by atoms with E-state index < -0.39 is 29.3 Å². The standard InChI is InChI=1S/C19H19N5O4S3/c1-10-22-23-19(31-10)30-9-12-8-29-16-13(15(25)24(16)14(12)17(26)27)21-18(28)20-7-11-5-3-2-4-6-11/h2-6,13,16H,7-9H2,1H3,(H,26,27)(H2,20,21,28)/t13?,16-/m0/s1. The minimum absolute atomic E-state index is 0.00484. The van der Waals surface area contributed by atoms with Crippen molar-refractivity contribution < 1.29 is 19.5 Å². The Balaban J connectivity index is 1.38. The van der Waals surface area contributed by atoms with Crippen molar-refractivity contribution >= 4 is 52.8 Å². The highest BCUT2D eigenvalue weighted by molar-refractivity contribution is 8.01. The Morgan fingerprint density at radius 3 is 2.74 bits per heavy atom. The highest BCUT2D eigenvalue weighted by Crippen LogP contribution is 2.41. The topological polar surface area (TPSA) is 125 Å². The van der Waals surface area contributed by atoms with Gasteiger partial charge in [0.25, 0.3) is 5.91 Å². The maximum Gasteiger partial charge on any atom is 0.352 e. The smallest absolute Gasteiger partial charge is 0.352 e. The van der Waals surface area contributed by atoms with Gasteiger partial charge in [-0.1, -0.05) is 53.4 Å². The zero-order chi connectivity index (χ0) is 22.0. The first-order chi connectivity index (χ1) is 14.9. The summed E-state index contributed by atoms with van der Waals surface area (Å²) >= 11 is 4.29. The number of aryl methyl sites for hydroxylation is 1. The van der Waals surface area contributed by atoms with Crippen LogP contribution in [0.5, 0.6) is 0 Å². The summed E-state index contributed by atoms with van der Waals surface area (Å²) < 4.78 is 0.756. The van der Waals surface area contributed by atoms with E-state index in [4.69, 9.17) is 0 Å². The van der Waals surface area contributed by atoms with E-state index in [0.29, 0.717) is 23.6 Å². The van der Waals surface area contributed by atoms with Crippen LogP contribution in [0, 0.1) is 6.92 Å². The van der Waals surface area contributed by atoms with Gasteiger partial charge in [0.05, 0.1) is 0 Å². The van der Waals surface area contributed by atoms with E-state index in [1.165, 1.54) is 39.8 Å². The van der Waals surface area contributed by atoms with Crippen molar-refractivity contribution in [2.24, 2.45) is 0 Å². The van der Waals surface area contributed by atoms with E-state index >= 15 is 0 Å². The summed E-state index contributed by atoms with van der Waals surface area (Å²) in [7, 11) is 0. The number of nitrogens with one attached hydrogen (secondary N) is 2. The van der Waals surface area contributed by atoms with Crippen LogP contribution in [0.4, 0.5) is 4.79 Å². The Morgan fingerprint density at radius 1 is 1.29 bits per heavy atom. The van der Waals surface area contributed by atoms with Crippen molar-refractivity contribution in [3.05, 3.63) is 52.2 Å². The molecule has 162 valence electrons. The van der Waals surface area contributed by atoms with Crippen LogP contribution in [-0.4, -0.2) is 61.0 Å². The molecule has 2 aromatic rings. The minimum Gasteiger partial charge on any atom is -0.477 e. The maximum atomic E-state index is 12.7. The lowest BCUT2D eigenvalue weighted by atomic mass is 10.0. The molecule has 1 saturated heterocycles. The number of urea groups is 1. The van der Waals surface area contributed by atoms with Crippen LogP contribution >= 0.6 is 34.9 Å². The van der Waals surface area contributed by atoms with E-state index in [2.05, 4.69) is 20.8 Å². The number of nitrogens with zero attached hydrogens (tertiary/aromatic N) is 3. The number of carbonyl (C=O) groups is 3. The van der Waals surface area contributed by atoms with Crippen LogP contribution in [0.25, 0.3) is 0 Å². The van der Waals surface area contributed by atoms with Crippen LogP contribution in [0.1, 0.15) is 10.6 Å². The molecule has 2 atom stereocenters. The van der Waals surface area contributed by atoms with Gasteiger partial charge in [-0.25, -0.2) is 9.59 Å². The molecule has 31 heavy (non-hydrogen) atoms. The molecular weight excluding hydrogens is 458 g/mol. The van der Waals surface area contributed by atoms with Crippen molar-refractivity contribution in [1.29, 1.82) is 0 Å². The Kier molecular flexibility index (Phi) is 6.49. The molecule has 1 unspecified atom stereocenters. The SMILES string of the molecule is Cc1nnc(SCC2=C(C(=O)O)N3C(=O)C(NC(=O)NCc4ccccc4)[C@@H]3SC2)s1. The van der Waals surface area contributed by atoms with Crippen molar-refractivity contribution in [1.82, 2.24) is 25.7 Å². The third kappa shape index (κ3) is 4.70. The minimum atomic E-state index is -1.14. The normalized spacial score (nSPS) is 20.2. The quantitative estimate of drug-likeness (QED) is 0.409. The van der Waals surface area contributed by atoms with Crippen LogP contribution in [0.3, 0.4) is 0 Å². The second-order valence-corrected chi connectivity index (χ2v) is 10.3. The zero-order valence-electron chi connectivity index (χ0n) is 16.4. The lowest BCUT2D eigenvalue weighted by Crippen LogP contribution is -2.71. The highest BCUT2D eigenvalue weighted by Gasteiger charge is 2.54. The molecule has 3 N–H and O–H groups in total. The molecule has 0 aliphatic carbocycles. The second kappa shape index (κ2) is 9.28. The molecular formula is C19H19N5O4S3. The van der Waals surface area contributed by atoms with Gasteiger partial charge in [-0.2, -0.15) is 0 Å². The monoisotopic (exact) mass is 477 g/mol. The van der Waals surface area contributed by atoms with Crippen molar-refractivity contribution in [2.75, 3.05) is 11.5 Å². The van der Waals surface area contributed by atoms with Gasteiger partial charge in [-0.3, -0.25) is 9.69 Å². The third-order valence-electron chi connectivity index (χ3n) is 4.71. The summed E-state index contributed by atoms with van der Waals surface area (Å²) in [5, 5.41) is 23.5. The number of aromatic nitrogens is 2. The van der Waals surface area contributed by atoms with Crippen LogP contribution in [0.15, 0.2) is 45.9 Å². The molecule has 2 aliphatic heterocycles. The van der Waals surface area contributed by atoms with Gasteiger partial charge < -0.3 is 15.7 Å². The lowest BCUT2D eigenvalue weighted by molar-refractivity contribution is -0.148. The van der Waals surface area contributed by atoms with E-state index in [0.717, 1.165) is 14.9 Å². The summed E-state index contributed by atoms with van der Waals surface area (Å²) in [5.74, 6) is -0.687. The summed E-state index contributed by atoms with van der Waals surface area (Å²) in [4.78, 5) is 38.1. The average molecular weight is 478 g/mol. The van der Waals surface area contributed by atoms with Gasteiger partial charge in [0.1, 0.15) is 22.1 Å². The number of aliphatic carboxylic acids is 1. The molecule has 4 rings (SSSR count). The predicted molar refractivity (Wildman–Crippen MR) is 119 cm³/mol. The largest absolute Gasteiger partial charge is 0.477 e. The number of carboxylic acid groups (broad SMARTS) is 1. The van der Waals surface area contributed by atoms with Crippen molar-refractivity contribution in [2.45, 2.75) is 29.2 Å². The highest BCUT2D eigenvalue weighted by atomic mass is 32.2. The summed E-state index contributed by atoms with van der Waals surface area (Å²) in [6.45, 7) is 2.19. The molecule has 1 aromatic carbocycles. The van der Waals surface area contributed by atoms with Gasteiger partial charge in [0.2, 0.25) is 0 Å². The molecule has 12 heteroatoms. The molecule has 0 saturated carbocycles. The van der Waals surface area contributed by atoms with Gasteiger partial charge in [0.15, 0.2) is 4.34 Å². The van der Waals surface area contributed by atoms with E-state index in [9.17, 15) is 19.5 Å². The third-order valence-corrected chi connectivity index (χ3v) is 8.11.